The second-order valence-electron chi connectivity index (χ2n) is 6.53. The fourth-order valence-electron chi connectivity index (χ4n) is 3.41. The van der Waals surface area contributed by atoms with Gasteiger partial charge in [0, 0.05) is 47.2 Å². The van der Waals surface area contributed by atoms with Gasteiger partial charge in [-0.15, -0.1) is 11.3 Å². The Morgan fingerprint density at radius 3 is 3.00 bits per heavy atom. The van der Waals surface area contributed by atoms with Crippen LogP contribution in [0, 0.1) is 0 Å². The fraction of sp³-hybridized carbons (Fsp3) is 0.316. The maximum Gasteiger partial charge on any atom is 0.183 e. The number of benzene rings is 1. The van der Waals surface area contributed by atoms with E-state index in [1.807, 2.05) is 0 Å². The molecule has 4 aromatic rings. The Bertz CT molecular complexity index is 1070. The molecule has 0 radical (unpaired) electrons. The van der Waals surface area contributed by atoms with E-state index in [1.165, 1.54) is 10.1 Å². The van der Waals surface area contributed by atoms with Crippen molar-refractivity contribution in [3.8, 4) is 11.4 Å². The number of hydrogen-bond acceptors (Lipinski definition) is 7. The highest BCUT2D eigenvalue weighted by Crippen LogP contribution is 2.33. The largest absolute Gasteiger partial charge is 0.379 e. The summed E-state index contributed by atoms with van der Waals surface area (Å²) in [5, 5.41) is 6.77. The van der Waals surface area contributed by atoms with Gasteiger partial charge in [0.15, 0.2) is 11.5 Å². The Labute approximate surface area is 160 Å². The first-order valence-corrected chi connectivity index (χ1v) is 9.98. The van der Waals surface area contributed by atoms with Crippen LogP contribution in [-0.2, 0) is 4.74 Å². The summed E-state index contributed by atoms with van der Waals surface area (Å²) in [6.07, 6.45) is 1.57. The van der Waals surface area contributed by atoms with Gasteiger partial charge in [-0.3, -0.25) is 4.90 Å². The van der Waals surface area contributed by atoms with E-state index in [-0.39, 0.29) is 0 Å². The first-order chi connectivity index (χ1) is 13.4. The molecule has 0 bridgehead atoms. The van der Waals surface area contributed by atoms with E-state index in [0.717, 1.165) is 62.1 Å². The first kappa shape index (κ1) is 16.6. The molecule has 2 N–H and O–H groups in total. The number of nitrogens with zero attached hydrogens (tertiary/aromatic N) is 4. The maximum atomic E-state index is 5.40. The van der Waals surface area contributed by atoms with Crippen molar-refractivity contribution in [3.05, 3.63) is 36.0 Å². The van der Waals surface area contributed by atoms with Crippen LogP contribution in [0.3, 0.4) is 0 Å². The highest BCUT2D eigenvalue weighted by molar-refractivity contribution is 7.17. The van der Waals surface area contributed by atoms with Gasteiger partial charge < -0.3 is 15.0 Å². The Morgan fingerprint density at radius 2 is 2.07 bits per heavy atom. The average Bonchev–Trinajstić information content (AvgIpc) is 3.33. The molecule has 1 aromatic carbocycles. The third-order valence-electron chi connectivity index (χ3n) is 4.85. The minimum absolute atomic E-state index is 0.684. The number of nitrogens with one attached hydrogen (secondary N) is 2. The zero-order valence-corrected chi connectivity index (χ0v) is 15.6. The van der Waals surface area contributed by atoms with E-state index in [0.29, 0.717) is 5.65 Å². The summed E-state index contributed by atoms with van der Waals surface area (Å²) in [5.41, 5.74) is 2.64. The van der Waals surface area contributed by atoms with Gasteiger partial charge in [0.2, 0.25) is 0 Å². The lowest BCUT2D eigenvalue weighted by atomic mass is 10.2. The molecule has 0 unspecified atom stereocenters. The molecule has 5 rings (SSSR count). The van der Waals surface area contributed by atoms with Crippen molar-refractivity contribution in [1.29, 1.82) is 0 Å². The van der Waals surface area contributed by atoms with E-state index >= 15 is 0 Å². The van der Waals surface area contributed by atoms with Gasteiger partial charge in [0.05, 0.1) is 13.2 Å². The lowest BCUT2D eigenvalue weighted by Crippen LogP contribution is -2.39. The summed E-state index contributed by atoms with van der Waals surface area (Å²) in [7, 11) is 0. The minimum Gasteiger partial charge on any atom is -0.379 e. The Balaban J connectivity index is 1.40. The molecular formula is C19H20N6OS. The van der Waals surface area contributed by atoms with Crippen LogP contribution in [0.25, 0.3) is 32.6 Å². The zero-order chi connectivity index (χ0) is 18.1. The quantitative estimate of drug-likeness (QED) is 0.554. The molecule has 1 saturated heterocycles. The standard InChI is InChI=1S/C19H20N6OS/c1-2-4-15-13(3-1)14(11-27-15)17-23-16-18(21-12-22-19(16)24-17)20-5-6-25-7-9-26-10-8-25/h1-4,11-12H,5-10H2,(H2,20,21,22,23,24). The highest BCUT2D eigenvalue weighted by Gasteiger charge is 2.15. The normalized spacial score (nSPS) is 15.6. The number of imidazole rings is 1. The summed E-state index contributed by atoms with van der Waals surface area (Å²) >= 11 is 1.73. The molecule has 1 aliphatic rings. The molecule has 0 amide bonds. The number of fused-ring (bicyclic) bond motifs is 2. The van der Waals surface area contributed by atoms with Gasteiger partial charge in [0.1, 0.15) is 17.7 Å². The number of thiophene rings is 1. The number of aromatic amines is 1. The summed E-state index contributed by atoms with van der Waals surface area (Å²) in [5.74, 6) is 1.63. The Hall–Kier alpha value is -2.55. The smallest absolute Gasteiger partial charge is 0.183 e. The minimum atomic E-state index is 0.684. The van der Waals surface area contributed by atoms with Crippen LogP contribution >= 0.6 is 11.3 Å². The van der Waals surface area contributed by atoms with Crippen molar-refractivity contribution in [2.45, 2.75) is 0 Å². The van der Waals surface area contributed by atoms with Crippen LogP contribution in [0.2, 0.25) is 0 Å². The molecule has 27 heavy (non-hydrogen) atoms. The number of H-pyrrole nitrogens is 1. The molecule has 1 fully saturated rings. The monoisotopic (exact) mass is 380 g/mol. The number of morpholine rings is 1. The van der Waals surface area contributed by atoms with Crippen LogP contribution in [0.1, 0.15) is 0 Å². The lowest BCUT2D eigenvalue weighted by molar-refractivity contribution is 0.0398. The zero-order valence-electron chi connectivity index (χ0n) is 14.8. The number of aromatic nitrogens is 4. The van der Waals surface area contributed by atoms with Crippen molar-refractivity contribution in [3.63, 3.8) is 0 Å². The molecule has 0 spiro atoms. The molecule has 8 heteroatoms. The third-order valence-corrected chi connectivity index (χ3v) is 5.81. The molecule has 0 saturated carbocycles. The van der Waals surface area contributed by atoms with E-state index in [4.69, 9.17) is 9.72 Å². The Kier molecular flexibility index (Phi) is 4.44. The fourth-order valence-corrected chi connectivity index (χ4v) is 4.35. The molecule has 138 valence electrons. The van der Waals surface area contributed by atoms with Crippen LogP contribution in [0.5, 0.6) is 0 Å². The van der Waals surface area contributed by atoms with Crippen LogP contribution in [0.4, 0.5) is 5.82 Å². The van der Waals surface area contributed by atoms with Crippen molar-refractivity contribution < 1.29 is 4.74 Å². The molecule has 3 aromatic heterocycles. The summed E-state index contributed by atoms with van der Waals surface area (Å²) < 4.78 is 6.65. The second-order valence-corrected chi connectivity index (χ2v) is 7.44. The van der Waals surface area contributed by atoms with Crippen LogP contribution in [0.15, 0.2) is 36.0 Å². The highest BCUT2D eigenvalue weighted by atomic mass is 32.1. The predicted molar refractivity (Wildman–Crippen MR) is 108 cm³/mol. The molecule has 0 aliphatic carbocycles. The Morgan fingerprint density at radius 1 is 1.19 bits per heavy atom. The van der Waals surface area contributed by atoms with Crippen molar-refractivity contribution in [1.82, 2.24) is 24.8 Å². The van der Waals surface area contributed by atoms with Gasteiger partial charge in [-0.25, -0.2) is 15.0 Å². The number of rotatable bonds is 5. The molecule has 0 atom stereocenters. The second kappa shape index (κ2) is 7.22. The van der Waals surface area contributed by atoms with E-state index in [1.54, 1.807) is 17.7 Å². The van der Waals surface area contributed by atoms with E-state index in [9.17, 15) is 0 Å². The van der Waals surface area contributed by atoms with Crippen molar-refractivity contribution >= 4 is 38.4 Å². The maximum absolute atomic E-state index is 5.40. The van der Waals surface area contributed by atoms with Crippen molar-refractivity contribution in [2.24, 2.45) is 0 Å². The van der Waals surface area contributed by atoms with E-state index in [2.05, 4.69) is 54.8 Å². The first-order valence-electron chi connectivity index (χ1n) is 9.10. The van der Waals surface area contributed by atoms with E-state index < -0.39 is 0 Å². The molecule has 1 aliphatic heterocycles. The summed E-state index contributed by atoms with van der Waals surface area (Å²) in [6, 6.07) is 8.37. The van der Waals surface area contributed by atoms with Gasteiger partial charge in [-0.05, 0) is 6.07 Å². The van der Waals surface area contributed by atoms with Crippen LogP contribution in [-0.4, -0.2) is 64.2 Å². The van der Waals surface area contributed by atoms with Gasteiger partial charge >= 0.3 is 0 Å². The average molecular weight is 380 g/mol. The summed E-state index contributed by atoms with van der Waals surface area (Å²) in [6.45, 7) is 5.39. The number of hydrogen-bond donors (Lipinski definition) is 2. The lowest BCUT2D eigenvalue weighted by Gasteiger charge is -2.26. The molecular weight excluding hydrogens is 360 g/mol. The topological polar surface area (TPSA) is 79.0 Å². The van der Waals surface area contributed by atoms with Gasteiger partial charge in [-0.1, -0.05) is 18.2 Å². The summed E-state index contributed by atoms with van der Waals surface area (Å²) in [4.78, 5) is 19.3. The number of anilines is 1. The van der Waals surface area contributed by atoms with Gasteiger partial charge in [-0.2, -0.15) is 0 Å². The van der Waals surface area contributed by atoms with Crippen LogP contribution < -0.4 is 5.32 Å². The predicted octanol–water partition coefficient (Wildman–Crippen LogP) is 2.98. The van der Waals surface area contributed by atoms with Crippen molar-refractivity contribution in [2.75, 3.05) is 44.7 Å². The molecule has 4 heterocycles. The SMILES string of the molecule is c1ccc2c(-c3nc4ncnc(NCCN5CCOCC5)c4[nH]3)csc2c1. The third kappa shape index (κ3) is 3.27. The number of ether oxygens (including phenoxy) is 1. The van der Waals surface area contributed by atoms with Gasteiger partial charge in [0.25, 0.3) is 0 Å². The molecule has 7 nitrogen and oxygen atoms in total.